The number of hydrogen-bond donors (Lipinski definition) is 1. The van der Waals surface area contributed by atoms with Crippen LogP contribution in [0.25, 0.3) is 0 Å². The second-order valence-corrected chi connectivity index (χ2v) is 4.74. The summed E-state index contributed by atoms with van der Waals surface area (Å²) in [4.78, 5) is 15.3. The molecule has 0 aromatic carbocycles. The molecule has 1 rings (SSSR count). The fourth-order valence-corrected chi connectivity index (χ4v) is 1.96. The molecule has 0 aliphatic carbocycles. The highest BCUT2D eigenvalue weighted by molar-refractivity contribution is 7.09. The molecule has 1 N–H and O–H groups in total. The summed E-state index contributed by atoms with van der Waals surface area (Å²) in [6, 6.07) is 0. The molecular formula is C10H15NO3S. The van der Waals surface area contributed by atoms with Crippen molar-refractivity contribution in [3.63, 3.8) is 0 Å². The number of ether oxygens (including phenoxy) is 1. The van der Waals surface area contributed by atoms with Crippen molar-refractivity contribution in [2.75, 3.05) is 13.7 Å². The van der Waals surface area contributed by atoms with E-state index in [-0.39, 0.29) is 0 Å². The van der Waals surface area contributed by atoms with Crippen LogP contribution in [0.15, 0.2) is 5.38 Å². The van der Waals surface area contributed by atoms with E-state index in [2.05, 4.69) is 4.98 Å². The maximum Gasteiger partial charge on any atom is 0.315 e. The lowest BCUT2D eigenvalue weighted by atomic mass is 9.90. The predicted octanol–water partition coefficient (Wildman–Crippen LogP) is 1.69. The van der Waals surface area contributed by atoms with Crippen LogP contribution in [0.2, 0.25) is 0 Å². The summed E-state index contributed by atoms with van der Waals surface area (Å²) in [6.45, 7) is 3.93. The summed E-state index contributed by atoms with van der Waals surface area (Å²) in [5.41, 5.74) is -0.298. The van der Waals surface area contributed by atoms with E-state index in [0.717, 1.165) is 11.4 Å². The van der Waals surface area contributed by atoms with Crippen LogP contribution in [0.4, 0.5) is 0 Å². The fraction of sp³-hybridized carbons (Fsp3) is 0.600. The molecule has 84 valence electrons. The standard InChI is InChI=1S/C10H15NO3S/c1-10(2,9(12)13)7-6-15-8(11-7)4-5-14-3/h6H,4-5H2,1-3H3,(H,12,13). The SMILES string of the molecule is COCCc1nc(C(C)(C)C(=O)O)cs1. The summed E-state index contributed by atoms with van der Waals surface area (Å²) in [5.74, 6) is -0.855. The van der Waals surface area contributed by atoms with Crippen molar-refractivity contribution in [1.82, 2.24) is 4.98 Å². The number of carboxylic acids is 1. The van der Waals surface area contributed by atoms with Crippen molar-refractivity contribution < 1.29 is 14.6 Å². The Kier molecular flexibility index (Phi) is 3.82. The molecule has 0 aliphatic heterocycles. The minimum absolute atomic E-state index is 0.612. The Labute approximate surface area is 92.9 Å². The molecule has 0 atom stereocenters. The first kappa shape index (κ1) is 12.1. The highest BCUT2D eigenvalue weighted by atomic mass is 32.1. The van der Waals surface area contributed by atoms with Gasteiger partial charge in [0.1, 0.15) is 5.41 Å². The molecular weight excluding hydrogens is 214 g/mol. The zero-order valence-corrected chi connectivity index (χ0v) is 9.93. The minimum Gasteiger partial charge on any atom is -0.481 e. The van der Waals surface area contributed by atoms with E-state index >= 15 is 0 Å². The van der Waals surface area contributed by atoms with Gasteiger partial charge in [0.2, 0.25) is 0 Å². The highest BCUT2D eigenvalue weighted by Crippen LogP contribution is 2.25. The normalized spacial score (nSPS) is 11.7. The number of aliphatic carboxylic acids is 1. The van der Waals surface area contributed by atoms with Crippen molar-refractivity contribution in [2.45, 2.75) is 25.7 Å². The summed E-state index contributed by atoms with van der Waals surface area (Å²) < 4.78 is 4.94. The van der Waals surface area contributed by atoms with Crippen LogP contribution < -0.4 is 0 Å². The smallest absolute Gasteiger partial charge is 0.315 e. The molecule has 15 heavy (non-hydrogen) atoms. The van der Waals surface area contributed by atoms with E-state index in [9.17, 15) is 4.79 Å². The maximum absolute atomic E-state index is 11.0. The van der Waals surface area contributed by atoms with Gasteiger partial charge < -0.3 is 9.84 Å². The third kappa shape index (κ3) is 2.76. The lowest BCUT2D eigenvalue weighted by molar-refractivity contribution is -0.142. The average Bonchev–Trinajstić information content (AvgIpc) is 2.63. The van der Waals surface area contributed by atoms with Gasteiger partial charge in [-0.2, -0.15) is 0 Å². The number of carboxylic acid groups (broad SMARTS) is 1. The van der Waals surface area contributed by atoms with Gasteiger partial charge in [-0.05, 0) is 13.8 Å². The number of aromatic nitrogens is 1. The van der Waals surface area contributed by atoms with Crippen LogP contribution in [-0.4, -0.2) is 29.8 Å². The Morgan fingerprint density at radius 2 is 2.33 bits per heavy atom. The quantitative estimate of drug-likeness (QED) is 0.834. The lowest BCUT2D eigenvalue weighted by Crippen LogP contribution is -2.28. The van der Waals surface area contributed by atoms with Gasteiger partial charge in [0.15, 0.2) is 0 Å². The number of thiazole rings is 1. The van der Waals surface area contributed by atoms with Crippen molar-refractivity contribution in [1.29, 1.82) is 0 Å². The van der Waals surface area contributed by atoms with Gasteiger partial charge in [0.25, 0.3) is 0 Å². The Bertz CT molecular complexity index is 346. The summed E-state index contributed by atoms with van der Waals surface area (Å²) in [6.07, 6.45) is 0.733. The molecule has 0 bridgehead atoms. The first-order valence-electron chi connectivity index (χ1n) is 4.65. The van der Waals surface area contributed by atoms with Crippen molar-refractivity contribution in [3.05, 3.63) is 16.1 Å². The van der Waals surface area contributed by atoms with E-state index < -0.39 is 11.4 Å². The first-order valence-corrected chi connectivity index (χ1v) is 5.53. The fourth-order valence-electron chi connectivity index (χ4n) is 1.01. The van der Waals surface area contributed by atoms with Gasteiger partial charge >= 0.3 is 5.97 Å². The number of methoxy groups -OCH3 is 1. The molecule has 0 fully saturated rings. The third-order valence-corrected chi connectivity index (χ3v) is 3.16. The summed E-state index contributed by atoms with van der Waals surface area (Å²) in [7, 11) is 1.63. The topological polar surface area (TPSA) is 59.4 Å². The van der Waals surface area contributed by atoms with E-state index in [0.29, 0.717) is 12.3 Å². The zero-order chi connectivity index (χ0) is 11.5. The first-order chi connectivity index (χ1) is 6.98. The Morgan fingerprint density at radius 3 is 2.87 bits per heavy atom. The van der Waals surface area contributed by atoms with Gasteiger partial charge in [-0.15, -0.1) is 11.3 Å². The average molecular weight is 229 g/mol. The zero-order valence-electron chi connectivity index (χ0n) is 9.11. The predicted molar refractivity (Wildman–Crippen MR) is 58.4 cm³/mol. The van der Waals surface area contributed by atoms with Gasteiger partial charge in [-0.1, -0.05) is 0 Å². The van der Waals surface area contributed by atoms with Crippen molar-refractivity contribution in [2.24, 2.45) is 0 Å². The lowest BCUT2D eigenvalue weighted by Gasteiger charge is -2.15. The Hall–Kier alpha value is -0.940. The second kappa shape index (κ2) is 4.72. The van der Waals surface area contributed by atoms with Crippen LogP contribution in [0.1, 0.15) is 24.5 Å². The molecule has 0 amide bonds. The largest absolute Gasteiger partial charge is 0.481 e. The summed E-state index contributed by atoms with van der Waals surface area (Å²) >= 11 is 1.48. The monoisotopic (exact) mass is 229 g/mol. The van der Waals surface area contributed by atoms with Crippen molar-refractivity contribution in [3.8, 4) is 0 Å². The van der Waals surface area contributed by atoms with E-state index in [4.69, 9.17) is 9.84 Å². The van der Waals surface area contributed by atoms with Crippen LogP contribution in [0.3, 0.4) is 0 Å². The van der Waals surface area contributed by atoms with Gasteiger partial charge in [0, 0.05) is 18.9 Å². The molecule has 1 heterocycles. The minimum atomic E-state index is -0.915. The van der Waals surface area contributed by atoms with Gasteiger partial charge in [-0.25, -0.2) is 4.98 Å². The molecule has 0 unspecified atom stereocenters. The number of hydrogen-bond acceptors (Lipinski definition) is 4. The molecule has 1 aromatic rings. The molecule has 0 saturated heterocycles. The molecule has 1 aromatic heterocycles. The highest BCUT2D eigenvalue weighted by Gasteiger charge is 2.31. The maximum atomic E-state index is 11.0. The second-order valence-electron chi connectivity index (χ2n) is 3.80. The number of nitrogens with zero attached hydrogens (tertiary/aromatic N) is 1. The molecule has 5 heteroatoms. The van der Waals surface area contributed by atoms with Crippen LogP contribution in [0.5, 0.6) is 0 Å². The molecule has 0 radical (unpaired) electrons. The summed E-state index contributed by atoms with van der Waals surface area (Å²) in [5, 5.41) is 11.7. The molecule has 4 nitrogen and oxygen atoms in total. The third-order valence-electron chi connectivity index (χ3n) is 2.25. The Balaban J connectivity index is 2.79. The van der Waals surface area contributed by atoms with Crippen LogP contribution in [0, 0.1) is 0 Å². The van der Waals surface area contributed by atoms with Crippen LogP contribution in [-0.2, 0) is 21.4 Å². The number of carbonyl (C=O) groups is 1. The van der Waals surface area contributed by atoms with E-state index in [1.807, 2.05) is 0 Å². The van der Waals surface area contributed by atoms with Crippen molar-refractivity contribution >= 4 is 17.3 Å². The molecule has 0 spiro atoms. The number of rotatable bonds is 5. The molecule has 0 aliphatic rings. The van der Waals surface area contributed by atoms with Crippen LogP contribution >= 0.6 is 11.3 Å². The van der Waals surface area contributed by atoms with E-state index in [1.54, 1.807) is 26.3 Å². The van der Waals surface area contributed by atoms with E-state index in [1.165, 1.54) is 11.3 Å². The van der Waals surface area contributed by atoms with Gasteiger partial charge in [0.05, 0.1) is 17.3 Å². The van der Waals surface area contributed by atoms with Gasteiger partial charge in [-0.3, -0.25) is 4.79 Å². The Morgan fingerprint density at radius 1 is 1.67 bits per heavy atom. The molecule has 0 saturated carbocycles.